The molecule has 158 valence electrons. The first-order chi connectivity index (χ1) is 14.6. The van der Waals surface area contributed by atoms with Crippen LogP contribution in [0.15, 0.2) is 41.1 Å². The third-order valence-corrected chi connectivity index (χ3v) is 7.09. The largest absolute Gasteiger partial charge is 0.493 e. The molecule has 0 radical (unpaired) electrons. The van der Waals surface area contributed by atoms with Crippen molar-refractivity contribution in [2.24, 2.45) is 0 Å². The Hall–Kier alpha value is -2.55. The van der Waals surface area contributed by atoms with Crippen LogP contribution in [0.4, 0.5) is 5.69 Å². The van der Waals surface area contributed by atoms with Gasteiger partial charge in [0.25, 0.3) is 0 Å². The summed E-state index contributed by atoms with van der Waals surface area (Å²) in [7, 11) is 4.67. The molecule has 0 saturated heterocycles. The van der Waals surface area contributed by atoms with Crippen molar-refractivity contribution >= 4 is 34.3 Å². The summed E-state index contributed by atoms with van der Waals surface area (Å²) in [6.07, 6.45) is 0.965. The highest BCUT2D eigenvalue weighted by atomic mass is 32.1. The third-order valence-electron chi connectivity index (χ3n) is 5.17. The maximum absolute atomic E-state index is 12.9. The van der Waals surface area contributed by atoms with Crippen molar-refractivity contribution in [3.05, 3.63) is 56.4 Å². The fraction of sp³-hybridized carbons (Fsp3) is 0.318. The van der Waals surface area contributed by atoms with Crippen LogP contribution in [0.5, 0.6) is 17.2 Å². The lowest BCUT2D eigenvalue weighted by Gasteiger charge is -2.34. The highest BCUT2D eigenvalue weighted by Gasteiger charge is 2.31. The van der Waals surface area contributed by atoms with E-state index in [1.54, 1.807) is 56.1 Å². The van der Waals surface area contributed by atoms with Gasteiger partial charge in [-0.25, -0.2) is 0 Å². The van der Waals surface area contributed by atoms with Crippen LogP contribution >= 0.6 is 22.7 Å². The first-order valence-corrected chi connectivity index (χ1v) is 11.3. The van der Waals surface area contributed by atoms with E-state index in [0.717, 1.165) is 13.0 Å². The number of ether oxygens (including phenoxy) is 3. The second kappa shape index (κ2) is 9.07. The standard InChI is InChI=1S/C22H24N2O4S2/c1-26-16-11-14(12-17(27-2)22(16)28-3)23-20(25)13-24-8-6-18-15(7-10-30-18)21(24)19-5-4-9-29-19/h4-5,7,9-12,21H,6,8,13H2,1-3H3,(H,23,25). The number of amides is 1. The predicted octanol–water partition coefficient (Wildman–Crippen LogP) is 4.42. The Balaban J connectivity index is 1.54. The molecule has 4 rings (SSSR count). The van der Waals surface area contributed by atoms with E-state index >= 15 is 0 Å². The molecule has 2 aromatic heterocycles. The van der Waals surface area contributed by atoms with E-state index in [0.29, 0.717) is 29.5 Å². The summed E-state index contributed by atoms with van der Waals surface area (Å²) in [6.45, 7) is 1.15. The average molecular weight is 445 g/mol. The molecule has 1 atom stereocenters. The highest BCUT2D eigenvalue weighted by molar-refractivity contribution is 7.10. The molecule has 1 N–H and O–H groups in total. The van der Waals surface area contributed by atoms with E-state index in [2.05, 4.69) is 39.2 Å². The van der Waals surface area contributed by atoms with Crippen LogP contribution in [-0.4, -0.2) is 45.2 Å². The number of thiophene rings is 2. The number of nitrogens with zero attached hydrogens (tertiary/aromatic N) is 1. The van der Waals surface area contributed by atoms with Gasteiger partial charge in [0.2, 0.25) is 11.7 Å². The van der Waals surface area contributed by atoms with Gasteiger partial charge in [-0.3, -0.25) is 9.69 Å². The van der Waals surface area contributed by atoms with E-state index < -0.39 is 0 Å². The van der Waals surface area contributed by atoms with Crippen molar-refractivity contribution in [1.29, 1.82) is 0 Å². The van der Waals surface area contributed by atoms with Crippen molar-refractivity contribution in [2.75, 3.05) is 39.7 Å². The van der Waals surface area contributed by atoms with Gasteiger partial charge >= 0.3 is 0 Å². The molecule has 0 saturated carbocycles. The Morgan fingerprint density at radius 3 is 2.50 bits per heavy atom. The van der Waals surface area contributed by atoms with Crippen molar-refractivity contribution in [3.8, 4) is 17.2 Å². The summed E-state index contributed by atoms with van der Waals surface area (Å²) in [6, 6.07) is 9.99. The normalized spacial score (nSPS) is 16.0. The molecule has 1 aliphatic rings. The van der Waals surface area contributed by atoms with Crippen molar-refractivity contribution in [2.45, 2.75) is 12.5 Å². The molecule has 3 heterocycles. The van der Waals surface area contributed by atoms with Crippen LogP contribution in [0.25, 0.3) is 0 Å². The minimum atomic E-state index is -0.0792. The Labute approximate surface area is 184 Å². The summed E-state index contributed by atoms with van der Waals surface area (Å²) < 4.78 is 16.1. The number of hydrogen-bond donors (Lipinski definition) is 1. The minimum absolute atomic E-state index is 0.0792. The van der Waals surface area contributed by atoms with E-state index in [1.165, 1.54) is 15.3 Å². The molecule has 3 aromatic rings. The summed E-state index contributed by atoms with van der Waals surface area (Å²) in [5.74, 6) is 1.43. The molecular formula is C22H24N2O4S2. The fourth-order valence-electron chi connectivity index (χ4n) is 3.86. The molecule has 6 nitrogen and oxygen atoms in total. The van der Waals surface area contributed by atoms with Crippen molar-refractivity contribution < 1.29 is 19.0 Å². The summed E-state index contributed by atoms with van der Waals surface area (Å²) in [5.41, 5.74) is 1.92. The van der Waals surface area contributed by atoms with Crippen LogP contribution in [0.1, 0.15) is 21.4 Å². The van der Waals surface area contributed by atoms with Crippen LogP contribution in [-0.2, 0) is 11.2 Å². The molecule has 1 amide bonds. The molecule has 0 spiro atoms. The third kappa shape index (κ3) is 4.03. The fourth-order valence-corrected chi connectivity index (χ4v) is 5.64. The minimum Gasteiger partial charge on any atom is -0.493 e. The first-order valence-electron chi connectivity index (χ1n) is 9.58. The predicted molar refractivity (Wildman–Crippen MR) is 120 cm³/mol. The van der Waals surface area contributed by atoms with Gasteiger partial charge in [0.15, 0.2) is 11.5 Å². The van der Waals surface area contributed by atoms with Gasteiger partial charge in [0.1, 0.15) is 0 Å². The maximum Gasteiger partial charge on any atom is 0.238 e. The molecular weight excluding hydrogens is 420 g/mol. The number of hydrogen-bond acceptors (Lipinski definition) is 7. The van der Waals surface area contributed by atoms with Gasteiger partial charge in [-0.05, 0) is 34.9 Å². The monoisotopic (exact) mass is 444 g/mol. The molecule has 8 heteroatoms. The van der Waals surface area contributed by atoms with Gasteiger partial charge < -0.3 is 19.5 Å². The number of benzene rings is 1. The van der Waals surface area contributed by atoms with E-state index in [9.17, 15) is 4.79 Å². The Kier molecular flexibility index (Phi) is 6.26. The van der Waals surface area contributed by atoms with Gasteiger partial charge in [-0.15, -0.1) is 22.7 Å². The summed E-state index contributed by atoms with van der Waals surface area (Å²) in [4.78, 5) is 17.9. The molecule has 0 fully saturated rings. The van der Waals surface area contributed by atoms with E-state index in [4.69, 9.17) is 14.2 Å². The zero-order valence-electron chi connectivity index (χ0n) is 17.1. The first kappa shape index (κ1) is 20.7. The topological polar surface area (TPSA) is 60.0 Å². The molecule has 1 unspecified atom stereocenters. The number of methoxy groups -OCH3 is 3. The van der Waals surface area contributed by atoms with Crippen LogP contribution in [0, 0.1) is 0 Å². The Bertz CT molecular complexity index is 991. The number of fused-ring (bicyclic) bond motifs is 1. The number of carbonyl (C=O) groups is 1. The molecule has 1 aromatic carbocycles. The Morgan fingerprint density at radius 1 is 1.10 bits per heavy atom. The van der Waals surface area contributed by atoms with Crippen molar-refractivity contribution in [1.82, 2.24) is 4.90 Å². The van der Waals surface area contributed by atoms with Crippen LogP contribution in [0.2, 0.25) is 0 Å². The second-order valence-corrected chi connectivity index (χ2v) is 8.88. The quantitative estimate of drug-likeness (QED) is 0.585. The van der Waals surface area contributed by atoms with Crippen LogP contribution < -0.4 is 19.5 Å². The number of nitrogens with one attached hydrogen (secondary N) is 1. The second-order valence-electron chi connectivity index (χ2n) is 6.90. The summed E-state index contributed by atoms with van der Waals surface area (Å²) >= 11 is 3.53. The van der Waals surface area contributed by atoms with E-state index in [-0.39, 0.29) is 11.9 Å². The van der Waals surface area contributed by atoms with Crippen molar-refractivity contribution in [3.63, 3.8) is 0 Å². The van der Waals surface area contributed by atoms with Gasteiger partial charge in [-0.2, -0.15) is 0 Å². The van der Waals surface area contributed by atoms with Gasteiger partial charge in [0, 0.05) is 34.1 Å². The lowest BCUT2D eigenvalue weighted by molar-refractivity contribution is -0.117. The molecule has 30 heavy (non-hydrogen) atoms. The number of carbonyl (C=O) groups excluding carboxylic acids is 1. The SMILES string of the molecule is COc1cc(NC(=O)CN2CCc3sccc3C2c2cccs2)cc(OC)c1OC. The smallest absolute Gasteiger partial charge is 0.238 e. The number of anilines is 1. The summed E-state index contributed by atoms with van der Waals surface area (Å²) in [5, 5.41) is 7.21. The zero-order chi connectivity index (χ0) is 21.1. The van der Waals surface area contributed by atoms with Crippen LogP contribution in [0.3, 0.4) is 0 Å². The van der Waals surface area contributed by atoms with Gasteiger partial charge in [-0.1, -0.05) is 6.07 Å². The highest BCUT2D eigenvalue weighted by Crippen LogP contribution is 2.41. The lowest BCUT2D eigenvalue weighted by Crippen LogP contribution is -2.40. The zero-order valence-corrected chi connectivity index (χ0v) is 18.8. The van der Waals surface area contributed by atoms with E-state index in [1.807, 2.05) is 0 Å². The molecule has 0 bridgehead atoms. The maximum atomic E-state index is 12.9. The number of rotatable bonds is 7. The Morgan fingerprint density at radius 2 is 1.87 bits per heavy atom. The average Bonchev–Trinajstić information content (AvgIpc) is 3.44. The molecule has 1 aliphatic heterocycles. The van der Waals surface area contributed by atoms with Gasteiger partial charge in [0.05, 0.1) is 33.9 Å². The molecule has 0 aliphatic carbocycles. The lowest BCUT2D eigenvalue weighted by atomic mass is 9.98.